The van der Waals surface area contributed by atoms with Gasteiger partial charge in [0.05, 0.1) is 0 Å². The molecule has 1 aliphatic rings. The van der Waals surface area contributed by atoms with E-state index in [1.165, 1.54) is 17.3 Å². The molecule has 1 N–H and O–H groups in total. The molecule has 0 spiro atoms. The van der Waals surface area contributed by atoms with Crippen molar-refractivity contribution in [2.45, 2.75) is 29.3 Å². The maximum absolute atomic E-state index is 13.6. The molecule has 170 valence electrons. The van der Waals surface area contributed by atoms with E-state index in [1.54, 1.807) is 30.2 Å². The molecule has 5 rings (SSSR count). The zero-order valence-electron chi connectivity index (χ0n) is 18.6. The van der Waals surface area contributed by atoms with Crippen LogP contribution in [0.2, 0.25) is 0 Å². The van der Waals surface area contributed by atoms with Crippen molar-refractivity contribution in [2.24, 2.45) is 0 Å². The number of aromatic nitrogens is 3. The molecule has 0 unspecified atom stereocenters. The first-order chi connectivity index (χ1) is 16.2. The van der Waals surface area contributed by atoms with Crippen molar-refractivity contribution in [3.05, 3.63) is 78.5 Å². The average molecular weight is 462 g/mol. The van der Waals surface area contributed by atoms with E-state index in [-0.39, 0.29) is 5.82 Å². The van der Waals surface area contributed by atoms with E-state index in [0.29, 0.717) is 0 Å². The van der Waals surface area contributed by atoms with Gasteiger partial charge in [-0.3, -0.25) is 4.90 Å². The number of hydrogen-bond acceptors (Lipinski definition) is 5. The molecule has 0 bridgehead atoms. The van der Waals surface area contributed by atoms with Crippen molar-refractivity contribution in [2.75, 3.05) is 37.6 Å². The van der Waals surface area contributed by atoms with E-state index in [9.17, 15) is 4.39 Å². The van der Waals surface area contributed by atoms with Crippen LogP contribution < -0.4 is 4.90 Å². The summed E-state index contributed by atoms with van der Waals surface area (Å²) in [6, 6.07) is 15.5. The van der Waals surface area contributed by atoms with Crippen LogP contribution in [0.5, 0.6) is 0 Å². The van der Waals surface area contributed by atoms with Crippen molar-refractivity contribution in [3.8, 4) is 0 Å². The summed E-state index contributed by atoms with van der Waals surface area (Å²) in [4.78, 5) is 18.0. The maximum Gasteiger partial charge on any atom is 0.192 e. The number of halogens is 1. The SMILES string of the molecule is Fc1ccc2[nH]cc(CCCCN3CCN(c4ccc(Sc5ncccn5)cc4)CC3)c2c1. The highest BCUT2D eigenvalue weighted by Gasteiger charge is 2.17. The summed E-state index contributed by atoms with van der Waals surface area (Å²) in [7, 11) is 0. The lowest BCUT2D eigenvalue weighted by atomic mass is 10.1. The first-order valence-corrected chi connectivity index (χ1v) is 12.3. The van der Waals surface area contributed by atoms with E-state index in [1.807, 2.05) is 18.3 Å². The largest absolute Gasteiger partial charge is 0.369 e. The summed E-state index contributed by atoms with van der Waals surface area (Å²) in [5.41, 5.74) is 3.51. The van der Waals surface area contributed by atoms with Crippen molar-refractivity contribution < 1.29 is 4.39 Å². The summed E-state index contributed by atoms with van der Waals surface area (Å²) in [5.74, 6) is -0.167. The predicted molar refractivity (Wildman–Crippen MR) is 132 cm³/mol. The fourth-order valence-corrected chi connectivity index (χ4v) is 5.12. The van der Waals surface area contributed by atoms with Crippen LogP contribution in [0.4, 0.5) is 10.1 Å². The van der Waals surface area contributed by atoms with Crippen molar-refractivity contribution in [3.63, 3.8) is 0 Å². The number of aryl methyl sites for hydroxylation is 1. The Labute approximate surface area is 198 Å². The van der Waals surface area contributed by atoms with Gasteiger partial charge in [0.25, 0.3) is 0 Å². The van der Waals surface area contributed by atoms with Crippen LogP contribution in [-0.2, 0) is 6.42 Å². The average Bonchev–Trinajstić information content (AvgIpc) is 3.25. The van der Waals surface area contributed by atoms with Gasteiger partial charge in [0.15, 0.2) is 5.16 Å². The molecule has 2 aromatic carbocycles. The van der Waals surface area contributed by atoms with Gasteiger partial charge in [0.1, 0.15) is 5.82 Å². The molecule has 0 radical (unpaired) electrons. The van der Waals surface area contributed by atoms with Gasteiger partial charge in [-0.1, -0.05) is 0 Å². The first-order valence-electron chi connectivity index (χ1n) is 11.5. The molecule has 7 heteroatoms. The minimum Gasteiger partial charge on any atom is -0.369 e. The number of piperazine rings is 1. The fraction of sp³-hybridized carbons (Fsp3) is 0.308. The molecule has 1 aliphatic heterocycles. The molecule has 33 heavy (non-hydrogen) atoms. The molecule has 0 aliphatic carbocycles. The number of rotatable bonds is 8. The van der Waals surface area contributed by atoms with Gasteiger partial charge < -0.3 is 9.88 Å². The van der Waals surface area contributed by atoms with Gasteiger partial charge in [-0.15, -0.1) is 0 Å². The lowest BCUT2D eigenvalue weighted by Crippen LogP contribution is -2.46. The second-order valence-electron chi connectivity index (χ2n) is 8.42. The number of aromatic amines is 1. The lowest BCUT2D eigenvalue weighted by Gasteiger charge is -2.36. The number of anilines is 1. The maximum atomic E-state index is 13.6. The Morgan fingerprint density at radius 1 is 0.939 bits per heavy atom. The number of fused-ring (bicyclic) bond motifs is 1. The molecule has 5 nitrogen and oxygen atoms in total. The van der Waals surface area contributed by atoms with Crippen LogP contribution in [0.1, 0.15) is 18.4 Å². The van der Waals surface area contributed by atoms with Crippen LogP contribution in [0.25, 0.3) is 10.9 Å². The Morgan fingerprint density at radius 2 is 1.73 bits per heavy atom. The van der Waals surface area contributed by atoms with Crippen molar-refractivity contribution >= 4 is 28.4 Å². The van der Waals surface area contributed by atoms with Gasteiger partial charge in [-0.25, -0.2) is 14.4 Å². The van der Waals surface area contributed by atoms with E-state index in [2.05, 4.69) is 49.0 Å². The van der Waals surface area contributed by atoms with Gasteiger partial charge in [-0.05, 0) is 91.7 Å². The molecule has 1 fully saturated rings. The third-order valence-electron chi connectivity index (χ3n) is 6.23. The van der Waals surface area contributed by atoms with Crippen LogP contribution in [0.15, 0.2) is 77.2 Å². The van der Waals surface area contributed by atoms with Crippen LogP contribution >= 0.6 is 11.8 Å². The summed E-state index contributed by atoms with van der Waals surface area (Å²) in [5, 5.41) is 1.79. The van der Waals surface area contributed by atoms with Gasteiger partial charge in [0, 0.05) is 66.3 Å². The van der Waals surface area contributed by atoms with Gasteiger partial charge >= 0.3 is 0 Å². The van der Waals surface area contributed by atoms with Crippen LogP contribution in [0.3, 0.4) is 0 Å². The Kier molecular flexibility index (Phi) is 6.88. The topological polar surface area (TPSA) is 48.1 Å². The summed E-state index contributed by atoms with van der Waals surface area (Å²) >= 11 is 1.59. The van der Waals surface area contributed by atoms with Gasteiger partial charge in [-0.2, -0.15) is 0 Å². The van der Waals surface area contributed by atoms with Crippen molar-refractivity contribution in [1.29, 1.82) is 0 Å². The highest BCUT2D eigenvalue weighted by Crippen LogP contribution is 2.27. The van der Waals surface area contributed by atoms with Crippen LogP contribution in [0, 0.1) is 5.82 Å². The highest BCUT2D eigenvalue weighted by molar-refractivity contribution is 7.99. The van der Waals surface area contributed by atoms with E-state index < -0.39 is 0 Å². The van der Waals surface area contributed by atoms with Gasteiger partial charge in [0.2, 0.25) is 0 Å². The smallest absolute Gasteiger partial charge is 0.192 e. The Balaban J connectivity index is 1.05. The normalized spacial score (nSPS) is 14.8. The molecule has 0 saturated carbocycles. The first kappa shape index (κ1) is 21.9. The Hall–Kier alpha value is -2.90. The number of benzene rings is 2. The third-order valence-corrected chi connectivity index (χ3v) is 7.13. The van der Waals surface area contributed by atoms with E-state index in [0.717, 1.165) is 72.9 Å². The second kappa shape index (κ2) is 10.4. The van der Waals surface area contributed by atoms with E-state index in [4.69, 9.17) is 0 Å². The minimum atomic E-state index is -0.167. The molecule has 4 aromatic rings. The standard InChI is InChI=1S/C26H28FN5S/c27-21-5-10-25-24(18-21)20(19-30-25)4-1-2-13-31-14-16-32(17-15-31)22-6-8-23(9-7-22)33-26-28-11-3-12-29-26/h3,5-12,18-19,30H,1-2,4,13-17H2. The molecular formula is C26H28FN5S. The Bertz CT molecular complexity index is 1170. The fourth-order valence-electron chi connectivity index (χ4n) is 4.41. The molecule has 2 aromatic heterocycles. The number of unbranched alkanes of at least 4 members (excludes halogenated alkanes) is 1. The molecule has 1 saturated heterocycles. The minimum absolute atomic E-state index is 0.167. The lowest BCUT2D eigenvalue weighted by molar-refractivity contribution is 0.253. The predicted octanol–water partition coefficient (Wildman–Crippen LogP) is 5.39. The number of nitrogens with zero attached hydrogens (tertiary/aromatic N) is 4. The molecule has 3 heterocycles. The molecule has 0 amide bonds. The summed E-state index contributed by atoms with van der Waals surface area (Å²) in [6.45, 7) is 5.41. The highest BCUT2D eigenvalue weighted by atomic mass is 32.2. The monoisotopic (exact) mass is 461 g/mol. The number of H-pyrrole nitrogens is 1. The Morgan fingerprint density at radius 3 is 2.52 bits per heavy atom. The molecule has 0 atom stereocenters. The summed E-state index contributed by atoms with van der Waals surface area (Å²) < 4.78 is 13.6. The van der Waals surface area contributed by atoms with E-state index >= 15 is 0 Å². The van der Waals surface area contributed by atoms with Crippen molar-refractivity contribution in [1.82, 2.24) is 19.9 Å². The third kappa shape index (κ3) is 5.54. The zero-order valence-corrected chi connectivity index (χ0v) is 19.4. The number of hydrogen-bond donors (Lipinski definition) is 1. The summed E-state index contributed by atoms with van der Waals surface area (Å²) in [6.07, 6.45) is 8.84. The quantitative estimate of drug-likeness (QED) is 0.281. The second-order valence-corrected chi connectivity index (χ2v) is 9.46. The number of nitrogens with one attached hydrogen (secondary N) is 1. The van der Waals surface area contributed by atoms with Crippen LogP contribution in [-0.4, -0.2) is 52.6 Å². The zero-order chi connectivity index (χ0) is 22.5. The molecular weight excluding hydrogens is 433 g/mol.